The van der Waals surface area contributed by atoms with Crippen LogP contribution in [-0.2, 0) is 14.3 Å². The van der Waals surface area contributed by atoms with Crippen LogP contribution in [0.25, 0.3) is 0 Å². The van der Waals surface area contributed by atoms with E-state index in [0.717, 1.165) is 16.3 Å². The van der Waals surface area contributed by atoms with Crippen LogP contribution in [0.5, 0.6) is 5.75 Å². The highest BCUT2D eigenvalue weighted by atomic mass is 79.9. The van der Waals surface area contributed by atoms with E-state index in [1.807, 2.05) is 24.3 Å². The minimum absolute atomic E-state index is 0.0219. The molecule has 0 aromatic heterocycles. The van der Waals surface area contributed by atoms with Gasteiger partial charge in [-0.2, -0.15) is 8.42 Å². The van der Waals surface area contributed by atoms with Crippen molar-refractivity contribution < 1.29 is 17.3 Å². The molecule has 0 radical (unpaired) electrons. The van der Waals surface area contributed by atoms with E-state index in [-0.39, 0.29) is 12.5 Å². The molecule has 4 nitrogen and oxygen atoms in total. The van der Waals surface area contributed by atoms with Gasteiger partial charge in [-0.15, -0.1) is 0 Å². The van der Waals surface area contributed by atoms with E-state index in [4.69, 9.17) is 20.5 Å². The van der Waals surface area contributed by atoms with E-state index in [9.17, 15) is 8.42 Å². The first kappa shape index (κ1) is 18.3. The third-order valence-electron chi connectivity index (χ3n) is 3.09. The molecular formula is C16H16BrClO4S. The lowest BCUT2D eigenvalue weighted by atomic mass is 10.0. The standard InChI is InChI=1S/C16H16BrClO4S/c1-23(19,20)22-11-13(12-2-4-14(17)5-3-12)10-21-16-8-6-15(18)7-9-16/h2-9,13H,10-11H2,1H3/t13-/m0/s1. The van der Waals surface area contributed by atoms with Crippen LogP contribution >= 0.6 is 27.5 Å². The maximum absolute atomic E-state index is 11.2. The average molecular weight is 420 g/mol. The number of benzene rings is 2. The van der Waals surface area contributed by atoms with Gasteiger partial charge in [-0.3, -0.25) is 4.18 Å². The lowest BCUT2D eigenvalue weighted by molar-refractivity contribution is 0.223. The maximum atomic E-state index is 11.2. The second kappa shape index (κ2) is 8.15. The first-order chi connectivity index (χ1) is 10.8. The molecule has 7 heteroatoms. The molecule has 0 aliphatic rings. The summed E-state index contributed by atoms with van der Waals surface area (Å²) in [5.74, 6) is 0.448. The van der Waals surface area contributed by atoms with Gasteiger partial charge in [0.05, 0.1) is 19.5 Å². The minimum atomic E-state index is -3.51. The normalized spacial score (nSPS) is 12.8. The van der Waals surface area contributed by atoms with Crippen molar-refractivity contribution in [3.05, 3.63) is 63.6 Å². The molecule has 0 fully saturated rings. The fraction of sp³-hybridized carbons (Fsp3) is 0.250. The molecule has 0 amide bonds. The molecule has 23 heavy (non-hydrogen) atoms. The van der Waals surface area contributed by atoms with Crippen molar-refractivity contribution >= 4 is 37.6 Å². The molecular weight excluding hydrogens is 404 g/mol. The van der Waals surface area contributed by atoms with E-state index < -0.39 is 10.1 Å². The number of ether oxygens (including phenoxy) is 1. The molecule has 2 aromatic rings. The summed E-state index contributed by atoms with van der Waals surface area (Å²) in [4.78, 5) is 0. The van der Waals surface area contributed by atoms with Crippen molar-refractivity contribution in [2.45, 2.75) is 5.92 Å². The highest BCUT2D eigenvalue weighted by Crippen LogP contribution is 2.22. The molecule has 0 heterocycles. The Labute approximate surface area is 149 Å². The monoisotopic (exact) mass is 418 g/mol. The predicted octanol–water partition coefficient (Wildman–Crippen LogP) is 4.24. The first-order valence-electron chi connectivity index (χ1n) is 6.82. The minimum Gasteiger partial charge on any atom is -0.493 e. The van der Waals surface area contributed by atoms with Crippen molar-refractivity contribution in [3.63, 3.8) is 0 Å². The van der Waals surface area contributed by atoms with Gasteiger partial charge in [0, 0.05) is 15.4 Å². The van der Waals surface area contributed by atoms with Crippen LogP contribution in [0.2, 0.25) is 5.02 Å². The Morgan fingerprint density at radius 3 is 2.22 bits per heavy atom. The zero-order valence-electron chi connectivity index (χ0n) is 12.4. The highest BCUT2D eigenvalue weighted by molar-refractivity contribution is 9.10. The largest absolute Gasteiger partial charge is 0.493 e. The molecule has 0 unspecified atom stereocenters. The van der Waals surface area contributed by atoms with Crippen LogP contribution in [-0.4, -0.2) is 27.9 Å². The lowest BCUT2D eigenvalue weighted by Crippen LogP contribution is -2.18. The fourth-order valence-corrected chi connectivity index (χ4v) is 2.71. The van der Waals surface area contributed by atoms with Crippen LogP contribution < -0.4 is 4.74 Å². The van der Waals surface area contributed by atoms with Gasteiger partial charge in [0.15, 0.2) is 0 Å². The van der Waals surface area contributed by atoms with E-state index in [0.29, 0.717) is 17.4 Å². The van der Waals surface area contributed by atoms with Gasteiger partial charge in [-0.1, -0.05) is 39.7 Å². The molecule has 0 aliphatic carbocycles. The third-order valence-corrected chi connectivity index (χ3v) is 4.43. The van der Waals surface area contributed by atoms with Gasteiger partial charge >= 0.3 is 0 Å². The molecule has 0 saturated carbocycles. The van der Waals surface area contributed by atoms with Crippen molar-refractivity contribution in [1.82, 2.24) is 0 Å². The lowest BCUT2D eigenvalue weighted by Gasteiger charge is -2.18. The van der Waals surface area contributed by atoms with Gasteiger partial charge in [0.25, 0.3) is 10.1 Å². The molecule has 0 spiro atoms. The van der Waals surface area contributed by atoms with E-state index >= 15 is 0 Å². The van der Waals surface area contributed by atoms with Gasteiger partial charge in [0.2, 0.25) is 0 Å². The Kier molecular flexibility index (Phi) is 6.47. The van der Waals surface area contributed by atoms with E-state index in [1.54, 1.807) is 24.3 Å². The molecule has 0 saturated heterocycles. The topological polar surface area (TPSA) is 52.6 Å². The third kappa shape index (κ3) is 6.51. The van der Waals surface area contributed by atoms with Crippen LogP contribution in [0.4, 0.5) is 0 Å². The number of halogens is 2. The Balaban J connectivity index is 2.09. The predicted molar refractivity (Wildman–Crippen MR) is 94.6 cm³/mol. The summed E-state index contributed by atoms with van der Waals surface area (Å²) in [6.07, 6.45) is 1.03. The molecule has 0 N–H and O–H groups in total. The van der Waals surface area contributed by atoms with Crippen LogP contribution in [0.1, 0.15) is 11.5 Å². The summed E-state index contributed by atoms with van der Waals surface area (Å²) in [6.45, 7) is 0.312. The molecule has 0 bridgehead atoms. The molecule has 2 aromatic carbocycles. The summed E-state index contributed by atoms with van der Waals surface area (Å²) in [5.41, 5.74) is 0.936. The fourth-order valence-electron chi connectivity index (χ4n) is 1.91. The van der Waals surface area contributed by atoms with Crippen molar-refractivity contribution in [2.24, 2.45) is 0 Å². The van der Waals surface area contributed by atoms with Crippen molar-refractivity contribution in [1.29, 1.82) is 0 Å². The number of hydrogen-bond donors (Lipinski definition) is 0. The van der Waals surface area contributed by atoms with Gasteiger partial charge in [0.1, 0.15) is 5.75 Å². The van der Waals surface area contributed by atoms with Gasteiger partial charge in [-0.25, -0.2) is 0 Å². The van der Waals surface area contributed by atoms with Crippen LogP contribution in [0.15, 0.2) is 53.0 Å². The van der Waals surface area contributed by atoms with E-state index in [1.165, 1.54) is 0 Å². The quantitative estimate of drug-likeness (QED) is 0.630. The Morgan fingerprint density at radius 1 is 1.04 bits per heavy atom. The SMILES string of the molecule is CS(=O)(=O)OC[C@H](COc1ccc(Cl)cc1)c1ccc(Br)cc1. The first-order valence-corrected chi connectivity index (χ1v) is 9.80. The van der Waals surface area contributed by atoms with Crippen molar-refractivity contribution in [2.75, 3.05) is 19.5 Å². The van der Waals surface area contributed by atoms with Crippen molar-refractivity contribution in [3.8, 4) is 5.75 Å². The molecule has 2 rings (SSSR count). The zero-order chi connectivity index (χ0) is 16.9. The highest BCUT2D eigenvalue weighted by Gasteiger charge is 2.16. The maximum Gasteiger partial charge on any atom is 0.264 e. The van der Waals surface area contributed by atoms with E-state index in [2.05, 4.69) is 15.9 Å². The van der Waals surface area contributed by atoms with Crippen LogP contribution in [0, 0.1) is 0 Å². The second-order valence-corrected chi connectivity index (χ2v) is 8.00. The summed E-state index contributed by atoms with van der Waals surface area (Å²) >= 11 is 9.22. The summed E-state index contributed by atoms with van der Waals surface area (Å²) < 4.78 is 34.1. The molecule has 124 valence electrons. The number of hydrogen-bond acceptors (Lipinski definition) is 4. The van der Waals surface area contributed by atoms with Crippen LogP contribution in [0.3, 0.4) is 0 Å². The smallest absolute Gasteiger partial charge is 0.264 e. The molecule has 0 aliphatic heterocycles. The number of rotatable bonds is 7. The summed E-state index contributed by atoms with van der Waals surface area (Å²) in [6, 6.07) is 14.6. The zero-order valence-corrected chi connectivity index (χ0v) is 15.6. The Bertz CT molecular complexity index is 730. The Morgan fingerprint density at radius 2 is 1.65 bits per heavy atom. The average Bonchev–Trinajstić information content (AvgIpc) is 2.49. The Hall–Kier alpha value is -1.08. The van der Waals surface area contributed by atoms with Gasteiger partial charge < -0.3 is 4.74 Å². The second-order valence-electron chi connectivity index (χ2n) is 5.00. The summed E-state index contributed by atoms with van der Waals surface area (Å²) in [7, 11) is -3.51. The van der Waals surface area contributed by atoms with Gasteiger partial charge in [-0.05, 0) is 42.0 Å². The summed E-state index contributed by atoms with van der Waals surface area (Å²) in [5, 5.41) is 0.627. The molecule has 1 atom stereocenters.